The first kappa shape index (κ1) is 49.1. The van der Waals surface area contributed by atoms with Gasteiger partial charge in [0.1, 0.15) is 17.2 Å². The van der Waals surface area contributed by atoms with Crippen molar-refractivity contribution in [1.82, 2.24) is 9.13 Å². The molecule has 0 aliphatic rings. The molecule has 5 aromatic heterocycles. The van der Waals surface area contributed by atoms with Crippen LogP contribution in [0, 0.1) is 17.9 Å². The van der Waals surface area contributed by atoms with E-state index in [1.54, 1.807) is 22.7 Å². The molecule has 0 saturated carbocycles. The van der Waals surface area contributed by atoms with Crippen LogP contribution < -0.4 is 0 Å². The normalized spacial score (nSPS) is 11.9. The van der Waals surface area contributed by atoms with Crippen molar-refractivity contribution in [3.63, 3.8) is 0 Å². The van der Waals surface area contributed by atoms with Crippen LogP contribution in [0.2, 0.25) is 0 Å². The van der Waals surface area contributed by atoms with Crippen LogP contribution in [0.4, 0.5) is 5.69 Å². The average molecular weight is 1140 g/mol. The first-order valence-electron chi connectivity index (χ1n) is 29.1. The predicted molar refractivity (Wildman–Crippen MR) is 366 cm³/mol. The van der Waals surface area contributed by atoms with Gasteiger partial charge < -0.3 is 13.6 Å². The van der Waals surface area contributed by atoms with E-state index in [-0.39, 0.29) is 0 Å². The number of nitriles is 1. The van der Waals surface area contributed by atoms with E-state index in [0.717, 1.165) is 136 Å². The van der Waals surface area contributed by atoms with Crippen LogP contribution >= 0.6 is 22.7 Å². The number of nitrogens with zero attached hydrogens (tertiary/aromatic N) is 4. The molecule has 0 N–H and O–H groups in total. The van der Waals surface area contributed by atoms with E-state index in [9.17, 15) is 11.8 Å². The van der Waals surface area contributed by atoms with Crippen molar-refractivity contribution in [2.45, 2.75) is 0 Å². The SMILES string of the molecule is [C-]#[N+]c1c(-c2ccccc2)c(C#N)c(-n2c3c(cc(-c4ccccc4)c4c5ccccc5sc43)c3cc(-c4ccccc4)c4c5ccccc5sc4c32)c(-c2ccccc2)c1-n1c2ccccc2c2c(-c3ccc4oc5ccccc5c4c3)cccc21. The molecule has 87 heavy (non-hydrogen) atoms. The summed E-state index contributed by atoms with van der Waals surface area (Å²) >= 11 is 3.61. The average Bonchev–Trinajstić information content (AvgIpc) is 1.69. The van der Waals surface area contributed by atoms with Gasteiger partial charge in [-0.05, 0) is 99.1 Å². The Morgan fingerprint density at radius 2 is 0.862 bits per heavy atom. The van der Waals surface area contributed by atoms with Crippen LogP contribution in [0.1, 0.15) is 5.56 Å². The van der Waals surface area contributed by atoms with E-state index in [0.29, 0.717) is 28.2 Å². The second kappa shape index (κ2) is 19.1. The van der Waals surface area contributed by atoms with Gasteiger partial charge in [-0.1, -0.05) is 212 Å². The maximum atomic E-state index is 12.6. The van der Waals surface area contributed by atoms with Gasteiger partial charge in [0.05, 0.1) is 55.0 Å². The standard InChI is InChI=1S/C80H44N4OS2/c1-82-74-69(49-27-10-4-11-28-49)62(46-81)75(70(50-29-12-5-13-30-50)78(74)83-63-36-18-14-32-54(63)71-52(35-22-37-64(71)83)51-41-42-66-59(43-51)53-31-15-19-38-65(53)85-66)84-76-60(44-57(47-23-6-2-7-24-47)72-55-33-16-20-39-67(55)86-79(72)76)61-45-58(48-25-8-3-9-26-48)73-56-34-17-21-40-68(56)87-80(73)77(61)84/h2-45H. The van der Waals surface area contributed by atoms with Gasteiger partial charge in [-0.15, -0.1) is 22.7 Å². The van der Waals surface area contributed by atoms with E-state index in [2.05, 4.69) is 246 Å². The maximum Gasteiger partial charge on any atom is 0.220 e. The molecule has 18 rings (SSSR count). The van der Waals surface area contributed by atoms with Gasteiger partial charge in [0.2, 0.25) is 5.69 Å². The summed E-state index contributed by atoms with van der Waals surface area (Å²) in [6.07, 6.45) is 0. The van der Waals surface area contributed by atoms with Crippen molar-refractivity contribution in [1.29, 1.82) is 5.26 Å². The Hall–Kier alpha value is -11.3. The molecule has 0 saturated heterocycles. The van der Waals surface area contributed by atoms with Crippen molar-refractivity contribution < 1.29 is 4.42 Å². The zero-order valence-electron chi connectivity index (χ0n) is 46.4. The molecule has 7 heteroatoms. The lowest BCUT2D eigenvalue weighted by atomic mass is 9.88. The third-order valence-electron chi connectivity index (χ3n) is 17.8. The highest BCUT2D eigenvalue weighted by molar-refractivity contribution is 7.27. The van der Waals surface area contributed by atoms with Crippen LogP contribution in [0.25, 0.3) is 178 Å². The molecule has 18 aromatic rings. The van der Waals surface area contributed by atoms with Crippen LogP contribution in [-0.4, -0.2) is 9.13 Å². The first-order valence-corrected chi connectivity index (χ1v) is 30.7. The van der Waals surface area contributed by atoms with Gasteiger partial charge in [-0.3, -0.25) is 0 Å². The number of hydrogen-bond acceptors (Lipinski definition) is 4. The van der Waals surface area contributed by atoms with E-state index >= 15 is 0 Å². The second-order valence-electron chi connectivity index (χ2n) is 22.3. The van der Waals surface area contributed by atoms with Gasteiger partial charge in [-0.25, -0.2) is 4.85 Å². The Morgan fingerprint density at radius 3 is 1.45 bits per heavy atom. The summed E-state index contributed by atoms with van der Waals surface area (Å²) in [6, 6.07) is 97.5. The number of aromatic nitrogens is 2. The molecule has 0 spiro atoms. The van der Waals surface area contributed by atoms with Gasteiger partial charge in [0.15, 0.2) is 0 Å². The number of furan rings is 1. The molecule has 0 radical (unpaired) electrons. The Labute approximate surface area is 506 Å². The molecule has 0 atom stereocenters. The molecule has 5 heterocycles. The zero-order valence-corrected chi connectivity index (χ0v) is 48.1. The smallest absolute Gasteiger partial charge is 0.220 e. The van der Waals surface area contributed by atoms with Crippen LogP contribution in [0.3, 0.4) is 0 Å². The number of hydrogen-bond donors (Lipinski definition) is 0. The fraction of sp³-hybridized carbons (Fsp3) is 0. The van der Waals surface area contributed by atoms with Crippen molar-refractivity contribution in [2.75, 3.05) is 0 Å². The molecular weight excluding hydrogens is 1100 g/mol. The number of benzene rings is 13. The van der Waals surface area contributed by atoms with Crippen molar-refractivity contribution in [2.24, 2.45) is 0 Å². The van der Waals surface area contributed by atoms with Crippen LogP contribution in [-0.2, 0) is 0 Å². The lowest BCUT2D eigenvalue weighted by molar-refractivity contribution is 0.669. The molecule has 0 aliphatic carbocycles. The molecular formula is C80H44N4OS2. The quantitative estimate of drug-likeness (QED) is 0.149. The van der Waals surface area contributed by atoms with E-state index in [1.165, 1.54) is 20.2 Å². The largest absolute Gasteiger partial charge is 0.456 e. The van der Waals surface area contributed by atoms with E-state index in [4.69, 9.17) is 9.26 Å². The summed E-state index contributed by atoms with van der Waals surface area (Å²) in [7, 11) is 0. The summed E-state index contributed by atoms with van der Waals surface area (Å²) < 4.78 is 15.8. The number of para-hydroxylation sites is 2. The maximum absolute atomic E-state index is 12.6. The molecule has 0 fully saturated rings. The minimum Gasteiger partial charge on any atom is -0.456 e. The van der Waals surface area contributed by atoms with Crippen molar-refractivity contribution in [3.05, 3.63) is 284 Å². The third kappa shape index (κ3) is 7.10. The van der Waals surface area contributed by atoms with Crippen molar-refractivity contribution in [3.8, 4) is 73.1 Å². The number of rotatable bonds is 7. The summed E-state index contributed by atoms with van der Waals surface area (Å²) in [5.41, 5.74) is 17.4. The van der Waals surface area contributed by atoms with Crippen LogP contribution in [0.5, 0.6) is 0 Å². The molecule has 0 unspecified atom stereocenters. The predicted octanol–water partition coefficient (Wildman–Crippen LogP) is 23.3. The lowest BCUT2D eigenvalue weighted by Crippen LogP contribution is -2.09. The third-order valence-corrected chi connectivity index (χ3v) is 20.1. The second-order valence-corrected chi connectivity index (χ2v) is 24.4. The summed E-state index contributed by atoms with van der Waals surface area (Å²) in [6.45, 7) is 9.68. The minimum atomic E-state index is 0.386. The van der Waals surface area contributed by atoms with Gasteiger partial charge in [-0.2, -0.15) is 5.26 Å². The first-order chi connectivity index (χ1) is 43.1. The molecule has 0 amide bonds. The Morgan fingerprint density at radius 1 is 0.368 bits per heavy atom. The molecule has 402 valence electrons. The molecule has 0 bridgehead atoms. The molecule has 0 aliphatic heterocycles. The zero-order chi connectivity index (χ0) is 57.4. The van der Waals surface area contributed by atoms with Gasteiger partial charge in [0, 0.05) is 74.4 Å². The molecule has 5 nitrogen and oxygen atoms in total. The Balaban J connectivity index is 1.10. The monoisotopic (exact) mass is 1140 g/mol. The van der Waals surface area contributed by atoms with E-state index < -0.39 is 0 Å². The summed E-state index contributed by atoms with van der Waals surface area (Å²) in [4.78, 5) is 4.71. The number of thiophene rings is 2. The minimum absolute atomic E-state index is 0.386. The fourth-order valence-electron chi connectivity index (χ4n) is 14.2. The topological polar surface area (TPSA) is 51.1 Å². The van der Waals surface area contributed by atoms with Crippen molar-refractivity contribution >= 4 is 134 Å². The highest BCUT2D eigenvalue weighted by Crippen LogP contribution is 2.57. The van der Waals surface area contributed by atoms with E-state index in [1.807, 2.05) is 36.4 Å². The fourth-order valence-corrected chi connectivity index (χ4v) is 16.7. The lowest BCUT2D eigenvalue weighted by Gasteiger charge is -2.26. The summed E-state index contributed by atoms with van der Waals surface area (Å²) in [5.74, 6) is 0. The Kier molecular flexibility index (Phi) is 10.8. The highest BCUT2D eigenvalue weighted by Gasteiger charge is 2.34. The van der Waals surface area contributed by atoms with Gasteiger partial charge in [0.25, 0.3) is 0 Å². The Bertz CT molecular complexity index is 5840. The van der Waals surface area contributed by atoms with Gasteiger partial charge >= 0.3 is 0 Å². The number of fused-ring (bicyclic) bond motifs is 17. The molecule has 13 aromatic carbocycles. The summed E-state index contributed by atoms with van der Waals surface area (Å²) in [5, 5.41) is 23.6. The van der Waals surface area contributed by atoms with Crippen LogP contribution in [0.15, 0.2) is 271 Å². The highest BCUT2D eigenvalue weighted by atomic mass is 32.1.